The van der Waals surface area contributed by atoms with Gasteiger partial charge in [0.2, 0.25) is 5.91 Å². The van der Waals surface area contributed by atoms with Gasteiger partial charge in [-0.1, -0.05) is 13.0 Å². The number of amides is 2. The van der Waals surface area contributed by atoms with E-state index >= 15 is 0 Å². The molecule has 3 heterocycles. The number of hydrogen-bond acceptors (Lipinski definition) is 7. The first kappa shape index (κ1) is 26.0. The van der Waals surface area contributed by atoms with Crippen molar-refractivity contribution in [3.05, 3.63) is 53.2 Å². The number of thiophene rings is 2. The SMILES string of the molecule is COC(=O)c1sc(-c2ccc(NC(=O)c3ccccn3)s2)cc1N(C(=O)[C@H]1CC[C@H](C)CC1)C(C)C. The van der Waals surface area contributed by atoms with Crippen LogP contribution in [0, 0.1) is 11.8 Å². The van der Waals surface area contributed by atoms with E-state index in [1.165, 1.54) is 29.8 Å². The minimum atomic E-state index is -0.461. The van der Waals surface area contributed by atoms with E-state index < -0.39 is 5.97 Å². The van der Waals surface area contributed by atoms with Gasteiger partial charge in [-0.3, -0.25) is 14.6 Å². The number of pyridine rings is 1. The van der Waals surface area contributed by atoms with Crippen molar-refractivity contribution in [2.45, 2.75) is 52.5 Å². The lowest BCUT2D eigenvalue weighted by Crippen LogP contribution is -2.42. The molecule has 1 aliphatic carbocycles. The molecule has 4 rings (SSSR count). The smallest absolute Gasteiger partial charge is 0.350 e. The Hall–Kier alpha value is -3.04. The van der Waals surface area contributed by atoms with Gasteiger partial charge >= 0.3 is 5.97 Å². The van der Waals surface area contributed by atoms with Crippen LogP contribution in [0.3, 0.4) is 0 Å². The number of carbonyl (C=O) groups excluding carboxylic acids is 3. The summed E-state index contributed by atoms with van der Waals surface area (Å²) in [7, 11) is 1.35. The largest absolute Gasteiger partial charge is 0.465 e. The van der Waals surface area contributed by atoms with Crippen LogP contribution >= 0.6 is 22.7 Å². The van der Waals surface area contributed by atoms with Crippen molar-refractivity contribution in [1.82, 2.24) is 4.98 Å². The minimum Gasteiger partial charge on any atom is -0.465 e. The highest BCUT2D eigenvalue weighted by Gasteiger charge is 2.33. The second-order valence-corrected chi connectivity index (χ2v) is 11.5. The number of methoxy groups -OCH3 is 1. The number of nitrogens with zero attached hydrogens (tertiary/aromatic N) is 2. The van der Waals surface area contributed by atoms with E-state index in [4.69, 9.17) is 4.74 Å². The number of hydrogen-bond donors (Lipinski definition) is 1. The number of esters is 1. The lowest BCUT2D eigenvalue weighted by molar-refractivity contribution is -0.123. The second-order valence-electron chi connectivity index (χ2n) is 9.41. The maximum Gasteiger partial charge on any atom is 0.350 e. The van der Waals surface area contributed by atoms with E-state index in [1.807, 2.05) is 32.0 Å². The summed E-state index contributed by atoms with van der Waals surface area (Å²) in [5.41, 5.74) is 0.926. The van der Waals surface area contributed by atoms with Gasteiger partial charge in [-0.15, -0.1) is 22.7 Å². The van der Waals surface area contributed by atoms with Crippen molar-refractivity contribution in [3.63, 3.8) is 0 Å². The summed E-state index contributed by atoms with van der Waals surface area (Å²) in [5, 5.41) is 3.54. The number of anilines is 2. The third-order valence-electron chi connectivity index (χ3n) is 6.44. The fraction of sp³-hybridized carbons (Fsp3) is 0.407. The zero-order chi connectivity index (χ0) is 25.8. The first-order chi connectivity index (χ1) is 17.3. The van der Waals surface area contributed by atoms with E-state index in [0.717, 1.165) is 35.4 Å². The molecule has 0 radical (unpaired) electrons. The van der Waals surface area contributed by atoms with Gasteiger partial charge in [0.1, 0.15) is 10.6 Å². The van der Waals surface area contributed by atoms with Crippen molar-refractivity contribution in [2.75, 3.05) is 17.3 Å². The zero-order valence-corrected chi connectivity index (χ0v) is 22.6. The van der Waals surface area contributed by atoms with E-state index in [-0.39, 0.29) is 23.8 Å². The van der Waals surface area contributed by atoms with Crippen LogP contribution in [-0.4, -0.2) is 35.9 Å². The average Bonchev–Trinajstić information content (AvgIpc) is 3.52. The molecule has 2 amide bonds. The Morgan fingerprint density at radius 2 is 1.81 bits per heavy atom. The van der Waals surface area contributed by atoms with Crippen LogP contribution in [0.15, 0.2) is 42.6 Å². The Morgan fingerprint density at radius 1 is 1.06 bits per heavy atom. The molecule has 0 aliphatic heterocycles. The van der Waals surface area contributed by atoms with Crippen molar-refractivity contribution in [1.29, 1.82) is 0 Å². The molecule has 9 heteroatoms. The lowest BCUT2D eigenvalue weighted by atomic mass is 9.82. The average molecular weight is 526 g/mol. The summed E-state index contributed by atoms with van der Waals surface area (Å²) in [6.07, 6.45) is 5.41. The zero-order valence-electron chi connectivity index (χ0n) is 20.9. The molecule has 1 fully saturated rings. The van der Waals surface area contributed by atoms with Crippen molar-refractivity contribution < 1.29 is 19.1 Å². The summed E-state index contributed by atoms with van der Waals surface area (Å²) in [6, 6.07) is 10.7. The Morgan fingerprint density at radius 3 is 2.44 bits per heavy atom. The summed E-state index contributed by atoms with van der Waals surface area (Å²) in [4.78, 5) is 46.9. The minimum absolute atomic E-state index is 0.0346. The van der Waals surface area contributed by atoms with Gasteiger partial charge in [-0.2, -0.15) is 0 Å². The highest BCUT2D eigenvalue weighted by Crippen LogP contribution is 2.43. The normalized spacial score (nSPS) is 17.6. The molecule has 190 valence electrons. The molecular weight excluding hydrogens is 494 g/mol. The lowest BCUT2D eigenvalue weighted by Gasteiger charge is -2.33. The molecule has 3 aromatic heterocycles. The van der Waals surface area contributed by atoms with Gasteiger partial charge in [-0.05, 0) is 75.8 Å². The molecule has 1 aliphatic rings. The van der Waals surface area contributed by atoms with E-state index in [2.05, 4.69) is 17.2 Å². The van der Waals surface area contributed by atoms with Gasteiger partial charge in [-0.25, -0.2) is 4.79 Å². The number of nitrogens with one attached hydrogen (secondary N) is 1. The van der Waals surface area contributed by atoms with Crippen LogP contribution in [0.4, 0.5) is 10.7 Å². The molecule has 0 aromatic carbocycles. The second kappa shape index (κ2) is 11.3. The fourth-order valence-corrected chi connectivity index (χ4v) is 6.54. The van der Waals surface area contributed by atoms with E-state index in [9.17, 15) is 14.4 Å². The maximum absolute atomic E-state index is 13.6. The Kier molecular flexibility index (Phi) is 8.21. The predicted octanol–water partition coefficient (Wildman–Crippen LogP) is 6.48. The van der Waals surface area contributed by atoms with Gasteiger partial charge in [0.15, 0.2) is 0 Å². The first-order valence-electron chi connectivity index (χ1n) is 12.2. The summed E-state index contributed by atoms with van der Waals surface area (Å²) in [6.45, 7) is 6.17. The molecule has 0 unspecified atom stereocenters. The number of rotatable bonds is 7. The molecule has 3 aromatic rings. The van der Waals surface area contributed by atoms with Crippen LogP contribution in [0.25, 0.3) is 9.75 Å². The van der Waals surface area contributed by atoms with Crippen LogP contribution < -0.4 is 10.2 Å². The molecular formula is C27H31N3O4S2. The van der Waals surface area contributed by atoms with E-state index in [1.54, 1.807) is 29.3 Å². The van der Waals surface area contributed by atoms with Crippen LogP contribution in [0.1, 0.15) is 66.6 Å². The molecule has 0 atom stereocenters. The third kappa shape index (κ3) is 5.68. The maximum atomic E-state index is 13.6. The quantitative estimate of drug-likeness (QED) is 0.357. The fourth-order valence-electron chi connectivity index (χ4n) is 4.49. The Balaban J connectivity index is 1.62. The molecule has 0 spiro atoms. The third-order valence-corrected chi connectivity index (χ3v) is 8.75. The van der Waals surface area contributed by atoms with Gasteiger partial charge in [0, 0.05) is 27.9 Å². The van der Waals surface area contributed by atoms with Crippen LogP contribution in [-0.2, 0) is 9.53 Å². The van der Waals surface area contributed by atoms with Crippen molar-refractivity contribution >= 4 is 51.1 Å². The Bertz CT molecular complexity index is 1230. The molecule has 0 bridgehead atoms. The Labute approximate surface area is 219 Å². The molecule has 0 saturated heterocycles. The number of carbonyl (C=O) groups is 3. The predicted molar refractivity (Wildman–Crippen MR) is 145 cm³/mol. The number of ether oxygens (including phenoxy) is 1. The van der Waals surface area contributed by atoms with Gasteiger partial charge in [0.25, 0.3) is 5.91 Å². The summed E-state index contributed by atoms with van der Waals surface area (Å²) in [5.74, 6) is -0.0682. The van der Waals surface area contributed by atoms with Crippen LogP contribution in [0.2, 0.25) is 0 Å². The molecule has 36 heavy (non-hydrogen) atoms. The first-order valence-corrected chi connectivity index (χ1v) is 13.8. The summed E-state index contributed by atoms with van der Waals surface area (Å²) < 4.78 is 5.08. The standard InChI is InChI=1S/C27H31N3O4S2/c1-16(2)30(26(32)18-10-8-17(3)9-11-18)20-15-22(36-24(20)27(33)34-4)21-12-13-23(35-21)29-25(31)19-7-5-6-14-28-19/h5-7,12-18H,8-11H2,1-4H3,(H,29,31)/t17-,18-. The topological polar surface area (TPSA) is 88.6 Å². The highest BCUT2D eigenvalue weighted by atomic mass is 32.1. The van der Waals surface area contributed by atoms with Crippen molar-refractivity contribution in [2.24, 2.45) is 11.8 Å². The van der Waals surface area contributed by atoms with Gasteiger partial charge in [0.05, 0.1) is 17.8 Å². The number of aromatic nitrogens is 1. The van der Waals surface area contributed by atoms with Crippen LogP contribution in [0.5, 0.6) is 0 Å². The summed E-state index contributed by atoms with van der Waals surface area (Å²) >= 11 is 2.70. The van der Waals surface area contributed by atoms with E-state index in [0.29, 0.717) is 27.2 Å². The molecule has 1 N–H and O–H groups in total. The monoisotopic (exact) mass is 525 g/mol. The van der Waals surface area contributed by atoms with Gasteiger partial charge < -0.3 is 15.0 Å². The van der Waals surface area contributed by atoms with Crippen molar-refractivity contribution in [3.8, 4) is 9.75 Å². The molecule has 7 nitrogen and oxygen atoms in total. The highest BCUT2D eigenvalue weighted by molar-refractivity contribution is 7.25. The molecule has 1 saturated carbocycles.